The third-order valence-electron chi connectivity index (χ3n) is 4.80. The van der Waals surface area contributed by atoms with Gasteiger partial charge in [0, 0.05) is 37.3 Å². The van der Waals surface area contributed by atoms with Crippen LogP contribution >= 0.6 is 22.9 Å². The predicted octanol–water partition coefficient (Wildman–Crippen LogP) is 3.71. The van der Waals surface area contributed by atoms with Gasteiger partial charge in [0.05, 0.1) is 10.2 Å². The molecular weight excluding hydrogens is 422 g/mol. The van der Waals surface area contributed by atoms with Crippen LogP contribution in [0.25, 0.3) is 16.3 Å². The SMILES string of the molecule is O=C(/C=C/c1nc2ccccc2s1)N1CCN(C(=O)COc2ccc(Cl)cc2)CC1. The fraction of sp³-hybridized carbons (Fsp3) is 0.227. The van der Waals surface area contributed by atoms with Gasteiger partial charge in [-0.15, -0.1) is 11.3 Å². The Balaban J connectivity index is 1.25. The van der Waals surface area contributed by atoms with E-state index < -0.39 is 0 Å². The van der Waals surface area contributed by atoms with Crippen molar-refractivity contribution in [3.05, 3.63) is 64.6 Å². The van der Waals surface area contributed by atoms with E-state index in [0.29, 0.717) is 37.0 Å². The van der Waals surface area contributed by atoms with Gasteiger partial charge in [-0.05, 0) is 42.5 Å². The normalized spacial score (nSPS) is 14.4. The van der Waals surface area contributed by atoms with E-state index in [9.17, 15) is 9.59 Å². The number of carbonyl (C=O) groups is 2. The molecule has 0 saturated carbocycles. The Kier molecular flexibility index (Phi) is 6.30. The van der Waals surface area contributed by atoms with Crippen molar-refractivity contribution >= 4 is 51.0 Å². The van der Waals surface area contributed by atoms with Crippen molar-refractivity contribution in [2.75, 3.05) is 32.8 Å². The number of ether oxygens (including phenoxy) is 1. The number of rotatable bonds is 5. The third kappa shape index (κ3) is 4.98. The van der Waals surface area contributed by atoms with Gasteiger partial charge in [-0.1, -0.05) is 23.7 Å². The fourth-order valence-corrected chi connectivity index (χ4v) is 4.15. The van der Waals surface area contributed by atoms with E-state index in [1.807, 2.05) is 24.3 Å². The molecule has 1 saturated heterocycles. The molecule has 1 aliphatic heterocycles. The Hall–Kier alpha value is -2.90. The number of nitrogens with zero attached hydrogens (tertiary/aromatic N) is 3. The summed E-state index contributed by atoms with van der Waals surface area (Å²) in [5, 5.41) is 1.42. The van der Waals surface area contributed by atoms with Crippen LogP contribution in [0.3, 0.4) is 0 Å². The average Bonchev–Trinajstić information content (AvgIpc) is 3.20. The molecule has 2 aromatic carbocycles. The van der Waals surface area contributed by atoms with Crippen LogP contribution in [0.5, 0.6) is 5.75 Å². The number of thiazole rings is 1. The Morgan fingerprint density at radius 1 is 1.03 bits per heavy atom. The molecule has 0 spiro atoms. The van der Waals surface area contributed by atoms with E-state index in [1.165, 1.54) is 0 Å². The van der Waals surface area contributed by atoms with E-state index in [-0.39, 0.29) is 18.4 Å². The van der Waals surface area contributed by atoms with Gasteiger partial charge in [0.2, 0.25) is 5.91 Å². The molecule has 0 aliphatic carbocycles. The Morgan fingerprint density at radius 3 is 2.47 bits per heavy atom. The average molecular weight is 442 g/mol. The molecule has 2 heterocycles. The lowest BCUT2D eigenvalue weighted by Gasteiger charge is -2.34. The first-order chi connectivity index (χ1) is 14.6. The molecule has 1 aliphatic rings. The van der Waals surface area contributed by atoms with Crippen molar-refractivity contribution in [2.45, 2.75) is 0 Å². The van der Waals surface area contributed by atoms with Gasteiger partial charge in [-0.2, -0.15) is 0 Å². The molecule has 6 nitrogen and oxygen atoms in total. The summed E-state index contributed by atoms with van der Waals surface area (Å²) in [6, 6.07) is 14.8. The van der Waals surface area contributed by atoms with Gasteiger partial charge in [-0.25, -0.2) is 4.98 Å². The molecule has 154 valence electrons. The zero-order valence-electron chi connectivity index (χ0n) is 16.2. The van der Waals surface area contributed by atoms with Crippen LogP contribution < -0.4 is 4.74 Å². The first-order valence-corrected chi connectivity index (χ1v) is 10.8. The summed E-state index contributed by atoms with van der Waals surface area (Å²) in [7, 11) is 0. The highest BCUT2D eigenvalue weighted by atomic mass is 35.5. The second kappa shape index (κ2) is 9.28. The van der Waals surface area contributed by atoms with E-state index >= 15 is 0 Å². The summed E-state index contributed by atoms with van der Waals surface area (Å²) in [5.41, 5.74) is 0.933. The minimum Gasteiger partial charge on any atom is -0.484 e. The smallest absolute Gasteiger partial charge is 0.260 e. The highest BCUT2D eigenvalue weighted by Crippen LogP contribution is 2.22. The molecule has 8 heteroatoms. The van der Waals surface area contributed by atoms with Crippen LogP contribution in [0.2, 0.25) is 5.02 Å². The molecular formula is C22H20ClN3O3S. The summed E-state index contributed by atoms with van der Waals surface area (Å²) in [6.45, 7) is 1.94. The standard InChI is InChI=1S/C22H20ClN3O3S/c23-16-5-7-17(8-6-16)29-15-22(28)26-13-11-25(12-14-26)21(27)10-9-20-24-18-3-1-2-4-19(18)30-20/h1-10H,11-15H2/b10-9+. The molecule has 30 heavy (non-hydrogen) atoms. The highest BCUT2D eigenvalue weighted by molar-refractivity contribution is 7.19. The molecule has 3 aromatic rings. The molecule has 1 fully saturated rings. The van der Waals surface area contributed by atoms with E-state index in [2.05, 4.69) is 4.98 Å². The van der Waals surface area contributed by atoms with Crippen molar-refractivity contribution in [1.82, 2.24) is 14.8 Å². The Bertz CT molecular complexity index is 1040. The summed E-state index contributed by atoms with van der Waals surface area (Å²) in [6.07, 6.45) is 3.31. The van der Waals surface area contributed by atoms with Crippen molar-refractivity contribution in [3.8, 4) is 5.75 Å². The summed E-state index contributed by atoms with van der Waals surface area (Å²) in [5.74, 6) is 0.433. The van der Waals surface area contributed by atoms with Crippen LogP contribution in [0.4, 0.5) is 0 Å². The maximum Gasteiger partial charge on any atom is 0.260 e. The van der Waals surface area contributed by atoms with Gasteiger partial charge in [0.25, 0.3) is 5.91 Å². The highest BCUT2D eigenvalue weighted by Gasteiger charge is 2.23. The largest absolute Gasteiger partial charge is 0.484 e. The number of hydrogen-bond acceptors (Lipinski definition) is 5. The van der Waals surface area contributed by atoms with Crippen molar-refractivity contribution < 1.29 is 14.3 Å². The minimum absolute atomic E-state index is 0.0346. The van der Waals surface area contributed by atoms with Crippen LogP contribution in [0.15, 0.2) is 54.6 Å². The Morgan fingerprint density at radius 2 is 1.73 bits per heavy atom. The molecule has 0 unspecified atom stereocenters. The fourth-order valence-electron chi connectivity index (χ4n) is 3.15. The quantitative estimate of drug-likeness (QED) is 0.566. The zero-order chi connectivity index (χ0) is 20.9. The van der Waals surface area contributed by atoms with Crippen LogP contribution in [0.1, 0.15) is 5.01 Å². The number of amides is 2. The summed E-state index contributed by atoms with van der Waals surface area (Å²) in [4.78, 5) is 32.8. The lowest BCUT2D eigenvalue weighted by Crippen LogP contribution is -2.51. The van der Waals surface area contributed by atoms with Crippen LogP contribution in [0, 0.1) is 0 Å². The minimum atomic E-state index is -0.0953. The number of aromatic nitrogens is 1. The van der Waals surface area contributed by atoms with Crippen molar-refractivity contribution in [1.29, 1.82) is 0 Å². The zero-order valence-corrected chi connectivity index (χ0v) is 17.7. The van der Waals surface area contributed by atoms with Crippen LogP contribution in [-0.4, -0.2) is 59.4 Å². The maximum atomic E-state index is 12.5. The molecule has 1 aromatic heterocycles. The number of halogens is 1. The van der Waals surface area contributed by atoms with Gasteiger partial charge in [-0.3, -0.25) is 9.59 Å². The summed E-state index contributed by atoms with van der Waals surface area (Å²) >= 11 is 7.39. The van der Waals surface area contributed by atoms with E-state index in [0.717, 1.165) is 15.2 Å². The maximum absolute atomic E-state index is 12.5. The van der Waals surface area contributed by atoms with Gasteiger partial charge in [0.1, 0.15) is 10.8 Å². The molecule has 0 N–H and O–H groups in total. The number of fused-ring (bicyclic) bond motifs is 1. The van der Waals surface area contributed by atoms with E-state index in [1.54, 1.807) is 57.6 Å². The number of piperazine rings is 1. The van der Waals surface area contributed by atoms with Gasteiger partial charge >= 0.3 is 0 Å². The Labute approximate surface area is 183 Å². The lowest BCUT2D eigenvalue weighted by molar-refractivity contribution is -0.138. The first kappa shape index (κ1) is 20.4. The summed E-state index contributed by atoms with van der Waals surface area (Å²) < 4.78 is 6.61. The van der Waals surface area contributed by atoms with Gasteiger partial charge < -0.3 is 14.5 Å². The topological polar surface area (TPSA) is 62.7 Å². The molecule has 2 amide bonds. The van der Waals surface area contributed by atoms with E-state index in [4.69, 9.17) is 16.3 Å². The number of para-hydroxylation sites is 1. The molecule has 4 rings (SSSR count). The third-order valence-corrected chi connectivity index (χ3v) is 6.05. The number of carbonyl (C=O) groups excluding carboxylic acids is 2. The van der Waals surface area contributed by atoms with Crippen molar-refractivity contribution in [3.63, 3.8) is 0 Å². The van der Waals surface area contributed by atoms with Crippen molar-refractivity contribution in [2.24, 2.45) is 0 Å². The van der Waals surface area contributed by atoms with Gasteiger partial charge in [0.15, 0.2) is 6.61 Å². The number of benzene rings is 2. The predicted molar refractivity (Wildman–Crippen MR) is 119 cm³/mol. The lowest BCUT2D eigenvalue weighted by atomic mass is 10.3. The molecule has 0 radical (unpaired) electrons. The first-order valence-electron chi connectivity index (χ1n) is 9.57. The monoisotopic (exact) mass is 441 g/mol. The second-order valence-corrected chi connectivity index (χ2v) is 8.30. The molecule has 0 bridgehead atoms. The second-order valence-electron chi connectivity index (χ2n) is 6.80. The number of hydrogen-bond donors (Lipinski definition) is 0. The molecule has 0 atom stereocenters. The van der Waals surface area contributed by atoms with Crippen LogP contribution in [-0.2, 0) is 9.59 Å².